The fourth-order valence-corrected chi connectivity index (χ4v) is 2.91. The third kappa shape index (κ3) is 2.25. The Morgan fingerprint density at radius 1 is 1.21 bits per heavy atom. The van der Waals surface area contributed by atoms with Gasteiger partial charge in [-0.25, -0.2) is 0 Å². The molecule has 0 saturated carbocycles. The number of tetrazole rings is 1. The molecular weight excluding hydrogens is 312 g/mol. The minimum Gasteiger partial charge on any atom is -0.316 e. The molecule has 0 aromatic carbocycles. The van der Waals surface area contributed by atoms with Crippen molar-refractivity contribution >= 4 is 11.6 Å². The van der Waals surface area contributed by atoms with Crippen LogP contribution in [0.2, 0.25) is 0 Å². The lowest BCUT2D eigenvalue weighted by Crippen LogP contribution is -2.21. The minimum absolute atomic E-state index is 0.297. The van der Waals surface area contributed by atoms with Crippen molar-refractivity contribution in [1.82, 2.24) is 45.2 Å². The summed E-state index contributed by atoms with van der Waals surface area (Å²) in [4.78, 5) is 12.6. The molecule has 4 rings (SSSR count). The van der Waals surface area contributed by atoms with Gasteiger partial charge in [-0.2, -0.15) is 15.0 Å². The van der Waals surface area contributed by atoms with Gasteiger partial charge in [0.05, 0.1) is 17.1 Å². The minimum atomic E-state index is -0.297. The molecule has 3 aromatic heterocycles. The Kier molecular flexibility index (Phi) is 3.32. The molecule has 124 valence electrons. The van der Waals surface area contributed by atoms with Gasteiger partial charge in [-0.05, 0) is 31.9 Å². The van der Waals surface area contributed by atoms with Gasteiger partial charge in [0.15, 0.2) is 0 Å². The van der Waals surface area contributed by atoms with Gasteiger partial charge in [0.25, 0.3) is 11.9 Å². The number of aromatic amines is 1. The third-order valence-corrected chi connectivity index (χ3v) is 4.12. The maximum Gasteiger partial charge on any atom is 0.293 e. The summed E-state index contributed by atoms with van der Waals surface area (Å²) in [5, 5.41) is 29.1. The number of aryl methyl sites for hydroxylation is 2. The molecule has 0 aliphatic carbocycles. The smallest absolute Gasteiger partial charge is 0.293 e. The summed E-state index contributed by atoms with van der Waals surface area (Å²) in [7, 11) is 0. The van der Waals surface area contributed by atoms with Gasteiger partial charge in [-0.3, -0.25) is 4.79 Å². The molecule has 0 saturated heterocycles. The number of H-pyrrole nitrogens is 1. The van der Waals surface area contributed by atoms with Gasteiger partial charge >= 0.3 is 0 Å². The van der Waals surface area contributed by atoms with Crippen LogP contribution in [0.3, 0.4) is 0 Å². The first-order valence-corrected chi connectivity index (χ1v) is 7.68. The Labute approximate surface area is 136 Å². The number of hydrogen-bond acceptors (Lipinski definition) is 7. The predicted molar refractivity (Wildman–Crippen MR) is 81.7 cm³/mol. The molecular formula is C13H16N10O. The summed E-state index contributed by atoms with van der Waals surface area (Å²) in [5.74, 6) is 1.21. The summed E-state index contributed by atoms with van der Waals surface area (Å²) < 4.78 is 3.40. The van der Waals surface area contributed by atoms with Gasteiger partial charge in [0.1, 0.15) is 5.82 Å². The van der Waals surface area contributed by atoms with E-state index in [1.54, 1.807) is 6.92 Å². The number of amides is 1. The normalized spacial score (nSPS) is 13.8. The van der Waals surface area contributed by atoms with Crippen LogP contribution in [-0.4, -0.2) is 51.1 Å². The molecule has 0 spiro atoms. The SMILES string of the molecule is Cc1nn(-c2nn[nH]n2)c(C)c1NC(=O)c1nnc2n1CCCC2. The largest absolute Gasteiger partial charge is 0.316 e. The first-order valence-electron chi connectivity index (χ1n) is 7.68. The second-order valence-corrected chi connectivity index (χ2v) is 5.67. The van der Waals surface area contributed by atoms with Crippen LogP contribution in [0.5, 0.6) is 0 Å². The molecule has 4 heterocycles. The zero-order valence-electron chi connectivity index (χ0n) is 13.3. The van der Waals surface area contributed by atoms with Crippen LogP contribution in [0.4, 0.5) is 5.69 Å². The monoisotopic (exact) mass is 328 g/mol. The maximum atomic E-state index is 12.6. The van der Waals surface area contributed by atoms with E-state index in [2.05, 4.69) is 41.2 Å². The van der Waals surface area contributed by atoms with Crippen molar-refractivity contribution < 1.29 is 4.79 Å². The van der Waals surface area contributed by atoms with Crippen LogP contribution in [0, 0.1) is 13.8 Å². The van der Waals surface area contributed by atoms with Crippen LogP contribution in [0.25, 0.3) is 5.95 Å². The first-order chi connectivity index (χ1) is 11.6. The first kappa shape index (κ1) is 14.5. The second kappa shape index (κ2) is 5.51. The number of anilines is 1. The lowest BCUT2D eigenvalue weighted by Gasteiger charge is -2.14. The highest BCUT2D eigenvalue weighted by molar-refractivity contribution is 6.02. The van der Waals surface area contributed by atoms with Gasteiger partial charge in [-0.15, -0.1) is 15.3 Å². The third-order valence-electron chi connectivity index (χ3n) is 4.12. The number of carbonyl (C=O) groups is 1. The molecule has 24 heavy (non-hydrogen) atoms. The number of aromatic nitrogens is 9. The Balaban J connectivity index is 1.64. The molecule has 11 nitrogen and oxygen atoms in total. The zero-order chi connectivity index (χ0) is 16.7. The summed E-state index contributed by atoms with van der Waals surface area (Å²) in [5.41, 5.74) is 1.97. The molecule has 0 fully saturated rings. The van der Waals surface area contributed by atoms with Crippen LogP contribution >= 0.6 is 0 Å². The van der Waals surface area contributed by atoms with Crippen LogP contribution in [-0.2, 0) is 13.0 Å². The number of carbonyl (C=O) groups excluding carboxylic acids is 1. The van der Waals surface area contributed by atoms with E-state index in [9.17, 15) is 4.79 Å². The molecule has 0 bridgehead atoms. The molecule has 1 amide bonds. The van der Waals surface area contributed by atoms with Gasteiger partial charge < -0.3 is 9.88 Å². The van der Waals surface area contributed by atoms with E-state index in [-0.39, 0.29) is 5.91 Å². The highest BCUT2D eigenvalue weighted by atomic mass is 16.2. The van der Waals surface area contributed by atoms with Crippen molar-refractivity contribution in [3.05, 3.63) is 23.0 Å². The maximum absolute atomic E-state index is 12.6. The molecule has 11 heteroatoms. The number of hydrogen-bond donors (Lipinski definition) is 2. The Hall–Kier alpha value is -3.11. The topological polar surface area (TPSA) is 132 Å². The Bertz CT molecular complexity index is 890. The molecule has 0 atom stereocenters. The van der Waals surface area contributed by atoms with E-state index in [1.165, 1.54) is 4.68 Å². The highest BCUT2D eigenvalue weighted by Crippen LogP contribution is 2.22. The van der Waals surface area contributed by atoms with Crippen molar-refractivity contribution in [3.63, 3.8) is 0 Å². The van der Waals surface area contributed by atoms with E-state index < -0.39 is 0 Å². The summed E-state index contributed by atoms with van der Waals surface area (Å²) >= 11 is 0. The lowest BCUT2D eigenvalue weighted by molar-refractivity contribution is 0.101. The highest BCUT2D eigenvalue weighted by Gasteiger charge is 2.23. The van der Waals surface area contributed by atoms with E-state index in [0.717, 1.165) is 31.6 Å². The van der Waals surface area contributed by atoms with Gasteiger partial charge in [0, 0.05) is 13.0 Å². The molecule has 0 radical (unpaired) electrons. The Morgan fingerprint density at radius 3 is 2.88 bits per heavy atom. The van der Waals surface area contributed by atoms with Crippen LogP contribution in [0.1, 0.15) is 40.7 Å². The van der Waals surface area contributed by atoms with Crippen molar-refractivity contribution in [2.24, 2.45) is 0 Å². The standard InChI is InChI=1S/C13H16N10O/c1-7-10(8(2)23(19-7)13-17-20-21-18-13)14-12(24)11-16-15-9-5-3-4-6-22(9)11/h3-6H2,1-2H3,(H,14,24)(H,17,18,20,21). The van der Waals surface area contributed by atoms with E-state index >= 15 is 0 Å². The summed E-state index contributed by atoms with van der Waals surface area (Å²) in [6, 6.07) is 0. The Morgan fingerprint density at radius 2 is 2.08 bits per heavy atom. The molecule has 1 aliphatic rings. The van der Waals surface area contributed by atoms with Crippen molar-refractivity contribution in [1.29, 1.82) is 0 Å². The summed E-state index contributed by atoms with van der Waals surface area (Å²) in [6.45, 7) is 4.40. The number of nitrogens with one attached hydrogen (secondary N) is 2. The summed E-state index contributed by atoms with van der Waals surface area (Å²) in [6.07, 6.45) is 2.96. The number of rotatable bonds is 3. The fraction of sp³-hybridized carbons (Fsp3) is 0.462. The van der Waals surface area contributed by atoms with Crippen LogP contribution < -0.4 is 5.32 Å². The van der Waals surface area contributed by atoms with E-state index in [1.807, 2.05) is 11.5 Å². The predicted octanol–water partition coefficient (Wildman–Crippen LogP) is 0.182. The van der Waals surface area contributed by atoms with Crippen molar-refractivity contribution in [2.75, 3.05) is 5.32 Å². The van der Waals surface area contributed by atoms with E-state index in [4.69, 9.17) is 0 Å². The van der Waals surface area contributed by atoms with Crippen molar-refractivity contribution in [2.45, 2.75) is 39.7 Å². The zero-order valence-corrected chi connectivity index (χ0v) is 13.3. The van der Waals surface area contributed by atoms with Gasteiger partial charge in [0.2, 0.25) is 5.82 Å². The number of fused-ring (bicyclic) bond motifs is 1. The van der Waals surface area contributed by atoms with Crippen molar-refractivity contribution in [3.8, 4) is 5.95 Å². The molecule has 2 N–H and O–H groups in total. The molecule has 3 aromatic rings. The van der Waals surface area contributed by atoms with Crippen LogP contribution in [0.15, 0.2) is 0 Å². The lowest BCUT2D eigenvalue weighted by atomic mass is 10.1. The number of nitrogens with zero attached hydrogens (tertiary/aromatic N) is 8. The second-order valence-electron chi connectivity index (χ2n) is 5.67. The quantitative estimate of drug-likeness (QED) is 0.701. The fourth-order valence-electron chi connectivity index (χ4n) is 2.91. The van der Waals surface area contributed by atoms with Gasteiger partial charge in [-0.1, -0.05) is 5.10 Å². The average molecular weight is 328 g/mol. The molecule has 0 unspecified atom stereocenters. The average Bonchev–Trinajstić information content (AvgIpc) is 3.30. The van der Waals surface area contributed by atoms with E-state index in [0.29, 0.717) is 28.8 Å². The molecule has 1 aliphatic heterocycles.